The van der Waals surface area contributed by atoms with Crippen molar-refractivity contribution in [3.8, 4) is 0 Å². The molecule has 2 rings (SSSR count). The summed E-state index contributed by atoms with van der Waals surface area (Å²) in [4.78, 5) is 0. The Bertz CT molecular complexity index is 517. The quantitative estimate of drug-likeness (QED) is 0.829. The Morgan fingerprint density at radius 1 is 0.947 bits per heavy atom. The number of hydrogen-bond acceptors (Lipinski definition) is 1. The van der Waals surface area contributed by atoms with E-state index in [9.17, 15) is 0 Å². The molecule has 2 aromatic carbocycles. The van der Waals surface area contributed by atoms with Gasteiger partial charge in [-0.15, -0.1) is 0 Å². The topological polar surface area (TPSA) is 12.0 Å². The van der Waals surface area contributed by atoms with Gasteiger partial charge in [-0.05, 0) is 28.7 Å². The zero-order valence-corrected chi connectivity index (χ0v) is 12.2. The summed E-state index contributed by atoms with van der Waals surface area (Å²) < 4.78 is 0. The fourth-order valence-corrected chi connectivity index (χ4v) is 2.21. The molecule has 0 unspecified atom stereocenters. The smallest absolute Gasteiger partial charge is 0.0450 e. The summed E-state index contributed by atoms with van der Waals surface area (Å²) >= 11 is 6.12. The fraction of sp³-hybridized carbons (Fsp3) is 0.294. The highest BCUT2D eigenvalue weighted by molar-refractivity contribution is 6.31. The van der Waals surface area contributed by atoms with E-state index in [1.54, 1.807) is 0 Å². The van der Waals surface area contributed by atoms with E-state index < -0.39 is 0 Å². The Hall–Kier alpha value is -1.31. The van der Waals surface area contributed by atoms with Crippen molar-refractivity contribution in [2.75, 3.05) is 0 Å². The molecule has 0 radical (unpaired) electrons. The lowest BCUT2D eigenvalue weighted by Crippen LogP contribution is -2.12. The Morgan fingerprint density at radius 2 is 1.63 bits per heavy atom. The lowest BCUT2D eigenvalue weighted by atomic mass is 10.0. The first-order chi connectivity index (χ1) is 9.16. The minimum Gasteiger partial charge on any atom is -0.309 e. The maximum absolute atomic E-state index is 6.12. The van der Waals surface area contributed by atoms with Gasteiger partial charge in [0.15, 0.2) is 0 Å². The van der Waals surface area contributed by atoms with Gasteiger partial charge in [0.05, 0.1) is 0 Å². The number of nitrogens with one attached hydrogen (secondary N) is 1. The van der Waals surface area contributed by atoms with Crippen LogP contribution in [0.2, 0.25) is 5.02 Å². The van der Waals surface area contributed by atoms with Crippen LogP contribution in [0.4, 0.5) is 0 Å². The monoisotopic (exact) mass is 273 g/mol. The average Bonchev–Trinajstić information content (AvgIpc) is 2.41. The molecule has 19 heavy (non-hydrogen) atoms. The van der Waals surface area contributed by atoms with Crippen LogP contribution in [-0.2, 0) is 13.1 Å². The van der Waals surface area contributed by atoms with Crippen molar-refractivity contribution in [3.63, 3.8) is 0 Å². The number of benzene rings is 2. The number of halogens is 1. The summed E-state index contributed by atoms with van der Waals surface area (Å²) in [5.74, 6) is 0.588. The van der Waals surface area contributed by atoms with Crippen LogP contribution in [0, 0.1) is 0 Å². The lowest BCUT2D eigenvalue weighted by molar-refractivity contribution is 0.693. The zero-order chi connectivity index (χ0) is 13.7. The first-order valence-electron chi connectivity index (χ1n) is 6.70. The van der Waals surface area contributed by atoms with E-state index >= 15 is 0 Å². The van der Waals surface area contributed by atoms with Gasteiger partial charge in [-0.25, -0.2) is 0 Å². The van der Waals surface area contributed by atoms with Crippen LogP contribution >= 0.6 is 11.6 Å². The van der Waals surface area contributed by atoms with Crippen molar-refractivity contribution in [1.29, 1.82) is 0 Å². The van der Waals surface area contributed by atoms with Gasteiger partial charge >= 0.3 is 0 Å². The third kappa shape index (κ3) is 4.09. The molecule has 0 saturated carbocycles. The molecule has 2 heteroatoms. The molecule has 0 heterocycles. The van der Waals surface area contributed by atoms with Crippen LogP contribution < -0.4 is 5.32 Å². The molecule has 0 aromatic heterocycles. The molecule has 0 spiro atoms. The van der Waals surface area contributed by atoms with Crippen molar-refractivity contribution in [2.24, 2.45) is 0 Å². The molecular formula is C17H20ClN. The van der Waals surface area contributed by atoms with Gasteiger partial charge < -0.3 is 5.32 Å². The molecule has 0 saturated heterocycles. The summed E-state index contributed by atoms with van der Waals surface area (Å²) in [5.41, 5.74) is 3.83. The van der Waals surface area contributed by atoms with Gasteiger partial charge in [-0.3, -0.25) is 0 Å². The van der Waals surface area contributed by atoms with E-state index in [1.165, 1.54) is 11.1 Å². The van der Waals surface area contributed by atoms with Crippen molar-refractivity contribution >= 4 is 11.6 Å². The molecule has 1 nitrogen and oxygen atoms in total. The van der Waals surface area contributed by atoms with Gasteiger partial charge in [-0.1, -0.05) is 67.9 Å². The molecule has 0 bridgehead atoms. The van der Waals surface area contributed by atoms with Gasteiger partial charge in [0.1, 0.15) is 0 Å². The molecule has 0 fully saturated rings. The molecule has 0 aliphatic heterocycles. The second-order valence-electron chi connectivity index (χ2n) is 5.09. The summed E-state index contributed by atoms with van der Waals surface area (Å²) in [6.07, 6.45) is 0. The number of hydrogen-bond donors (Lipinski definition) is 1. The van der Waals surface area contributed by atoms with E-state index in [0.29, 0.717) is 5.92 Å². The minimum absolute atomic E-state index is 0.588. The fourth-order valence-electron chi connectivity index (χ4n) is 2.00. The highest BCUT2D eigenvalue weighted by Gasteiger charge is 2.00. The van der Waals surface area contributed by atoms with E-state index in [2.05, 4.69) is 49.5 Å². The van der Waals surface area contributed by atoms with Crippen molar-refractivity contribution < 1.29 is 0 Å². The van der Waals surface area contributed by atoms with Crippen molar-refractivity contribution in [2.45, 2.75) is 32.9 Å². The van der Waals surface area contributed by atoms with Crippen LogP contribution in [0.5, 0.6) is 0 Å². The largest absolute Gasteiger partial charge is 0.309 e. The molecule has 0 amide bonds. The average molecular weight is 274 g/mol. The SMILES string of the molecule is CC(C)c1ccc(CNCc2ccccc2Cl)cc1. The van der Waals surface area contributed by atoms with Crippen LogP contribution in [0.25, 0.3) is 0 Å². The predicted octanol–water partition coefficient (Wildman–Crippen LogP) is 4.75. The lowest BCUT2D eigenvalue weighted by Gasteiger charge is -2.09. The summed E-state index contributed by atoms with van der Waals surface area (Å²) in [6, 6.07) is 16.7. The standard InChI is InChI=1S/C17H20ClN/c1-13(2)15-9-7-14(8-10-15)11-19-12-16-5-3-4-6-17(16)18/h3-10,13,19H,11-12H2,1-2H3. The zero-order valence-electron chi connectivity index (χ0n) is 11.5. The Labute approximate surface area is 120 Å². The first kappa shape index (κ1) is 14.1. The first-order valence-corrected chi connectivity index (χ1v) is 7.07. The van der Waals surface area contributed by atoms with E-state index in [-0.39, 0.29) is 0 Å². The predicted molar refractivity (Wildman–Crippen MR) is 82.5 cm³/mol. The summed E-state index contributed by atoms with van der Waals surface area (Å²) in [7, 11) is 0. The third-order valence-electron chi connectivity index (χ3n) is 3.25. The normalized spacial score (nSPS) is 10.9. The third-order valence-corrected chi connectivity index (χ3v) is 3.62. The van der Waals surface area contributed by atoms with Gasteiger partial charge in [0.25, 0.3) is 0 Å². The highest BCUT2D eigenvalue weighted by atomic mass is 35.5. The highest BCUT2D eigenvalue weighted by Crippen LogP contribution is 2.16. The maximum Gasteiger partial charge on any atom is 0.0450 e. The van der Waals surface area contributed by atoms with E-state index in [1.807, 2.05) is 18.2 Å². The van der Waals surface area contributed by atoms with Crippen LogP contribution in [0.1, 0.15) is 36.5 Å². The maximum atomic E-state index is 6.12. The van der Waals surface area contributed by atoms with Gasteiger partial charge in [0.2, 0.25) is 0 Å². The molecular weight excluding hydrogens is 254 g/mol. The van der Waals surface area contributed by atoms with E-state index in [0.717, 1.165) is 23.7 Å². The van der Waals surface area contributed by atoms with Gasteiger partial charge in [-0.2, -0.15) is 0 Å². The Morgan fingerprint density at radius 3 is 2.26 bits per heavy atom. The number of rotatable bonds is 5. The molecule has 0 aliphatic carbocycles. The second kappa shape index (κ2) is 6.74. The van der Waals surface area contributed by atoms with Crippen LogP contribution in [0.3, 0.4) is 0 Å². The van der Waals surface area contributed by atoms with Crippen molar-refractivity contribution in [1.82, 2.24) is 5.32 Å². The van der Waals surface area contributed by atoms with Crippen molar-refractivity contribution in [3.05, 3.63) is 70.2 Å². The molecule has 1 N–H and O–H groups in total. The molecule has 0 atom stereocenters. The van der Waals surface area contributed by atoms with E-state index in [4.69, 9.17) is 11.6 Å². The Kier molecular flexibility index (Phi) is 5.00. The van der Waals surface area contributed by atoms with Crippen LogP contribution in [-0.4, -0.2) is 0 Å². The van der Waals surface area contributed by atoms with Gasteiger partial charge in [0, 0.05) is 18.1 Å². The van der Waals surface area contributed by atoms with Crippen LogP contribution in [0.15, 0.2) is 48.5 Å². The Balaban J connectivity index is 1.87. The summed E-state index contributed by atoms with van der Waals surface area (Å²) in [6.45, 7) is 6.09. The molecule has 100 valence electrons. The minimum atomic E-state index is 0.588. The molecule has 2 aromatic rings. The molecule has 0 aliphatic rings. The second-order valence-corrected chi connectivity index (χ2v) is 5.50. The summed E-state index contributed by atoms with van der Waals surface area (Å²) in [5, 5.41) is 4.25.